The van der Waals surface area contributed by atoms with Crippen molar-refractivity contribution in [3.8, 4) is 5.82 Å². The Morgan fingerprint density at radius 1 is 1.40 bits per heavy atom. The van der Waals surface area contributed by atoms with Crippen molar-refractivity contribution in [3.05, 3.63) is 41.9 Å². The van der Waals surface area contributed by atoms with Gasteiger partial charge in [0.05, 0.1) is 17.8 Å². The second-order valence-corrected chi connectivity index (χ2v) is 6.25. The van der Waals surface area contributed by atoms with E-state index < -0.39 is 0 Å². The van der Waals surface area contributed by atoms with Crippen molar-refractivity contribution < 1.29 is 9.53 Å². The van der Waals surface area contributed by atoms with E-state index in [-0.39, 0.29) is 5.91 Å². The van der Waals surface area contributed by atoms with Crippen molar-refractivity contribution in [2.24, 2.45) is 0 Å². The van der Waals surface area contributed by atoms with Crippen LogP contribution in [0.5, 0.6) is 0 Å². The SMILES string of the molecule is CC(=O)Nc1cc2c(cn1)c(C)nn2-c1cccc([C@@H]2CCOC2)n1. The lowest BCUT2D eigenvalue weighted by Gasteiger charge is -2.10. The van der Waals surface area contributed by atoms with E-state index in [2.05, 4.69) is 15.4 Å². The van der Waals surface area contributed by atoms with Crippen LogP contribution in [-0.4, -0.2) is 38.9 Å². The molecule has 0 saturated carbocycles. The van der Waals surface area contributed by atoms with E-state index in [4.69, 9.17) is 9.72 Å². The Labute approximate surface area is 145 Å². The van der Waals surface area contributed by atoms with Crippen molar-refractivity contribution in [1.29, 1.82) is 0 Å². The normalized spacial score (nSPS) is 17.1. The lowest BCUT2D eigenvalue weighted by molar-refractivity contribution is -0.114. The van der Waals surface area contributed by atoms with Gasteiger partial charge < -0.3 is 10.1 Å². The first-order valence-corrected chi connectivity index (χ1v) is 8.30. The molecule has 3 aromatic rings. The number of anilines is 1. The number of pyridine rings is 2. The van der Waals surface area contributed by atoms with E-state index in [1.807, 2.05) is 31.2 Å². The third-order valence-corrected chi connectivity index (χ3v) is 4.38. The number of nitrogens with zero attached hydrogens (tertiary/aromatic N) is 4. The minimum Gasteiger partial charge on any atom is -0.381 e. The first-order chi connectivity index (χ1) is 12.1. The molecule has 1 atom stereocenters. The largest absolute Gasteiger partial charge is 0.381 e. The zero-order valence-corrected chi connectivity index (χ0v) is 14.2. The number of carbonyl (C=O) groups is 1. The van der Waals surface area contributed by atoms with Gasteiger partial charge in [-0.15, -0.1) is 0 Å². The van der Waals surface area contributed by atoms with Gasteiger partial charge in [0.15, 0.2) is 5.82 Å². The maximum absolute atomic E-state index is 11.3. The number of hydrogen-bond donors (Lipinski definition) is 1. The standard InChI is InChI=1S/C18H19N5O2/c1-11-14-9-19-17(20-12(2)24)8-16(14)23(22-11)18-5-3-4-15(21-18)13-6-7-25-10-13/h3-5,8-9,13H,6-7,10H2,1-2H3,(H,19,20,24)/t13-/m1/s1. The number of amides is 1. The third kappa shape index (κ3) is 2.98. The van der Waals surface area contributed by atoms with Gasteiger partial charge in [0.2, 0.25) is 5.91 Å². The number of nitrogens with one attached hydrogen (secondary N) is 1. The van der Waals surface area contributed by atoms with Crippen molar-refractivity contribution in [2.45, 2.75) is 26.2 Å². The number of aryl methyl sites for hydroxylation is 1. The van der Waals surface area contributed by atoms with Gasteiger partial charge in [-0.3, -0.25) is 4.79 Å². The molecule has 0 radical (unpaired) electrons. The summed E-state index contributed by atoms with van der Waals surface area (Å²) in [5.41, 5.74) is 2.75. The minimum atomic E-state index is -0.156. The summed E-state index contributed by atoms with van der Waals surface area (Å²) in [7, 11) is 0. The van der Waals surface area contributed by atoms with E-state index in [1.165, 1.54) is 6.92 Å². The molecule has 7 nitrogen and oxygen atoms in total. The van der Waals surface area contributed by atoms with Gasteiger partial charge in [-0.25, -0.2) is 14.6 Å². The average Bonchev–Trinajstić information content (AvgIpc) is 3.23. The molecule has 0 unspecified atom stereocenters. The Morgan fingerprint density at radius 3 is 3.04 bits per heavy atom. The second-order valence-electron chi connectivity index (χ2n) is 6.25. The van der Waals surface area contributed by atoms with Gasteiger partial charge in [0.25, 0.3) is 0 Å². The van der Waals surface area contributed by atoms with E-state index in [0.29, 0.717) is 18.3 Å². The molecule has 7 heteroatoms. The average molecular weight is 337 g/mol. The Hall–Kier alpha value is -2.80. The maximum atomic E-state index is 11.3. The van der Waals surface area contributed by atoms with Crippen molar-refractivity contribution >= 4 is 22.6 Å². The second kappa shape index (κ2) is 6.25. The molecule has 0 aromatic carbocycles. The topological polar surface area (TPSA) is 81.9 Å². The lowest BCUT2D eigenvalue weighted by atomic mass is 10.0. The molecule has 4 heterocycles. The third-order valence-electron chi connectivity index (χ3n) is 4.38. The van der Waals surface area contributed by atoms with Crippen molar-refractivity contribution in [3.63, 3.8) is 0 Å². The Kier molecular flexibility index (Phi) is 3.93. The molecular formula is C18H19N5O2. The van der Waals surface area contributed by atoms with Gasteiger partial charge in [0.1, 0.15) is 5.82 Å². The fourth-order valence-corrected chi connectivity index (χ4v) is 3.13. The first-order valence-electron chi connectivity index (χ1n) is 8.30. The molecule has 0 aliphatic carbocycles. The summed E-state index contributed by atoms with van der Waals surface area (Å²) in [5.74, 6) is 1.43. The minimum absolute atomic E-state index is 0.156. The van der Waals surface area contributed by atoms with E-state index in [9.17, 15) is 4.79 Å². The number of carbonyl (C=O) groups excluding carboxylic acids is 1. The summed E-state index contributed by atoms with van der Waals surface area (Å²) in [5, 5.41) is 8.27. The van der Waals surface area contributed by atoms with Gasteiger partial charge in [-0.2, -0.15) is 5.10 Å². The number of fused-ring (bicyclic) bond motifs is 1. The highest BCUT2D eigenvalue weighted by Crippen LogP contribution is 2.26. The molecule has 25 heavy (non-hydrogen) atoms. The molecule has 1 aliphatic heterocycles. The van der Waals surface area contributed by atoms with Gasteiger partial charge in [-0.05, 0) is 25.5 Å². The fraction of sp³-hybridized carbons (Fsp3) is 0.333. The van der Waals surface area contributed by atoms with Crippen LogP contribution in [0, 0.1) is 6.92 Å². The summed E-state index contributed by atoms with van der Waals surface area (Å²) in [6.45, 7) is 4.90. The molecule has 1 fully saturated rings. The molecular weight excluding hydrogens is 318 g/mol. The number of hydrogen-bond acceptors (Lipinski definition) is 5. The van der Waals surface area contributed by atoms with Crippen LogP contribution < -0.4 is 5.32 Å². The maximum Gasteiger partial charge on any atom is 0.222 e. The molecule has 4 rings (SSSR count). The lowest BCUT2D eigenvalue weighted by Crippen LogP contribution is -2.08. The smallest absolute Gasteiger partial charge is 0.222 e. The number of ether oxygens (including phenoxy) is 1. The Bertz CT molecular complexity index is 944. The highest BCUT2D eigenvalue weighted by atomic mass is 16.5. The van der Waals surface area contributed by atoms with Crippen LogP contribution in [-0.2, 0) is 9.53 Å². The predicted molar refractivity (Wildman–Crippen MR) is 93.9 cm³/mol. The Balaban J connectivity index is 1.80. The van der Waals surface area contributed by atoms with Gasteiger partial charge in [-0.1, -0.05) is 6.07 Å². The monoisotopic (exact) mass is 337 g/mol. The number of aromatic nitrogens is 4. The predicted octanol–water partition coefficient (Wildman–Crippen LogP) is 2.59. The van der Waals surface area contributed by atoms with Crippen molar-refractivity contribution in [2.75, 3.05) is 18.5 Å². The highest BCUT2D eigenvalue weighted by molar-refractivity contribution is 5.91. The van der Waals surface area contributed by atoms with Crippen molar-refractivity contribution in [1.82, 2.24) is 19.7 Å². The first kappa shape index (κ1) is 15.7. The molecule has 0 bridgehead atoms. The summed E-state index contributed by atoms with van der Waals surface area (Å²) < 4.78 is 7.28. The molecule has 128 valence electrons. The Morgan fingerprint density at radius 2 is 2.28 bits per heavy atom. The van der Waals surface area contributed by atoms with E-state index in [0.717, 1.165) is 41.1 Å². The molecule has 1 saturated heterocycles. The van der Waals surface area contributed by atoms with Crippen LogP contribution in [0.2, 0.25) is 0 Å². The molecule has 1 N–H and O–H groups in total. The fourth-order valence-electron chi connectivity index (χ4n) is 3.13. The summed E-state index contributed by atoms with van der Waals surface area (Å²) >= 11 is 0. The van der Waals surface area contributed by atoms with Crippen LogP contribution in [0.25, 0.3) is 16.7 Å². The zero-order chi connectivity index (χ0) is 17.4. The molecule has 1 amide bonds. The number of rotatable bonds is 3. The highest BCUT2D eigenvalue weighted by Gasteiger charge is 2.20. The van der Waals surface area contributed by atoms with Gasteiger partial charge >= 0.3 is 0 Å². The summed E-state index contributed by atoms with van der Waals surface area (Å²) in [4.78, 5) is 20.4. The molecule has 3 aromatic heterocycles. The van der Waals surface area contributed by atoms with E-state index >= 15 is 0 Å². The van der Waals surface area contributed by atoms with Crippen LogP contribution in [0.3, 0.4) is 0 Å². The van der Waals surface area contributed by atoms with Crippen LogP contribution in [0.1, 0.15) is 30.7 Å². The molecule has 0 spiro atoms. The summed E-state index contributed by atoms with van der Waals surface area (Å²) in [6, 6.07) is 7.79. The van der Waals surface area contributed by atoms with Crippen LogP contribution in [0.15, 0.2) is 30.5 Å². The quantitative estimate of drug-likeness (QED) is 0.794. The van der Waals surface area contributed by atoms with Crippen LogP contribution >= 0.6 is 0 Å². The zero-order valence-electron chi connectivity index (χ0n) is 14.2. The van der Waals surface area contributed by atoms with E-state index in [1.54, 1.807) is 10.9 Å². The van der Waals surface area contributed by atoms with Gasteiger partial charge in [0, 0.05) is 42.8 Å². The molecule has 1 aliphatic rings. The summed E-state index contributed by atoms with van der Waals surface area (Å²) in [6.07, 6.45) is 2.72. The van der Waals surface area contributed by atoms with Crippen LogP contribution in [0.4, 0.5) is 5.82 Å².